The fraction of sp³-hybridized carbons (Fsp3) is 0.231. The van der Waals surface area contributed by atoms with Gasteiger partial charge in [-0.2, -0.15) is 0 Å². The molecule has 0 aromatic heterocycles. The van der Waals surface area contributed by atoms with Crippen molar-refractivity contribution >= 4 is 37.4 Å². The molecule has 1 aliphatic heterocycles. The molecule has 0 bridgehead atoms. The largest absolute Gasteiger partial charge is 0.116 e. The zero-order chi connectivity index (χ0) is 19.7. The van der Waals surface area contributed by atoms with Crippen LogP contribution in [0, 0.1) is 0 Å². The molecule has 4 aromatic carbocycles. The van der Waals surface area contributed by atoms with Gasteiger partial charge in [0.15, 0.2) is 0 Å². The minimum absolute atomic E-state index is 0.00224. The molecule has 0 N–H and O–H groups in total. The van der Waals surface area contributed by atoms with Crippen molar-refractivity contribution < 1.29 is 0 Å². The van der Waals surface area contributed by atoms with Crippen LogP contribution in [0.5, 0.6) is 0 Å². The highest BCUT2D eigenvalue weighted by molar-refractivity contribution is 7.55. The van der Waals surface area contributed by atoms with Gasteiger partial charge < -0.3 is 0 Å². The van der Waals surface area contributed by atoms with Crippen LogP contribution in [0.1, 0.15) is 11.1 Å². The monoisotopic (exact) mass is 402 g/mol. The first-order chi connectivity index (χ1) is 13.5. The normalized spacial score (nSPS) is 13.6. The number of rotatable bonds is 0. The molecule has 0 radical (unpaired) electrons. The van der Waals surface area contributed by atoms with Crippen LogP contribution in [-0.2, 0) is 12.3 Å². The Bertz CT molecular complexity index is 1040. The molecule has 0 atom stereocenters. The van der Waals surface area contributed by atoms with E-state index in [2.05, 4.69) is 99.5 Å². The quantitative estimate of drug-likeness (QED) is 0.260. The molecule has 28 heavy (non-hydrogen) atoms. The summed E-state index contributed by atoms with van der Waals surface area (Å²) in [6, 6.07) is 27.0. The van der Waals surface area contributed by atoms with Gasteiger partial charge in [0.25, 0.3) is 0 Å². The summed E-state index contributed by atoms with van der Waals surface area (Å²) in [5.74, 6) is 0. The summed E-state index contributed by atoms with van der Waals surface area (Å²) in [7, 11) is 0.377. The maximum Gasteiger partial charge on any atom is -0.00606 e. The average Bonchev–Trinajstić information content (AvgIpc) is 2.83. The van der Waals surface area contributed by atoms with Gasteiger partial charge in [-0.15, -0.1) is 15.8 Å². The molecule has 0 fully saturated rings. The van der Waals surface area contributed by atoms with Crippen LogP contribution >= 0.6 is 15.8 Å². The lowest BCUT2D eigenvalue weighted by Crippen LogP contribution is -1.92. The van der Waals surface area contributed by atoms with E-state index in [-0.39, 0.29) is 7.92 Å². The molecule has 0 spiro atoms. The second-order valence-corrected chi connectivity index (χ2v) is 13.2. The summed E-state index contributed by atoms with van der Waals surface area (Å²) in [5.41, 5.74) is 6.01. The molecule has 2 heteroatoms. The molecular formula is C26H28P2. The minimum Gasteiger partial charge on any atom is -0.116 e. The van der Waals surface area contributed by atoms with Crippen molar-refractivity contribution in [1.82, 2.24) is 0 Å². The van der Waals surface area contributed by atoms with Gasteiger partial charge in [-0.25, -0.2) is 0 Å². The van der Waals surface area contributed by atoms with Gasteiger partial charge in [0.2, 0.25) is 0 Å². The third-order valence-corrected chi connectivity index (χ3v) is 6.92. The van der Waals surface area contributed by atoms with Crippen molar-refractivity contribution in [3.05, 3.63) is 83.9 Å². The second kappa shape index (κ2) is 8.32. The standard InChI is InChI=1S/C23H19P.C3H9P/c1-24-14-18-12-10-16-6-2-4-8-20(16)22(18)23-19(15-24)13-11-17-7-3-5-9-21(17)23;1-4(2)3/h2-13H,14-15H2,1H3;1-3H3. The van der Waals surface area contributed by atoms with Gasteiger partial charge in [0, 0.05) is 0 Å². The Morgan fingerprint density at radius 1 is 0.607 bits per heavy atom. The Labute approximate surface area is 171 Å². The van der Waals surface area contributed by atoms with Gasteiger partial charge in [-0.3, -0.25) is 0 Å². The van der Waals surface area contributed by atoms with Gasteiger partial charge in [-0.1, -0.05) is 72.8 Å². The number of benzene rings is 4. The molecule has 0 amide bonds. The van der Waals surface area contributed by atoms with Gasteiger partial charge in [-0.05, 0) is 82.8 Å². The number of fused-ring (bicyclic) bond motifs is 7. The summed E-state index contributed by atoms with van der Waals surface area (Å²) in [4.78, 5) is 0. The van der Waals surface area contributed by atoms with E-state index in [1.54, 1.807) is 0 Å². The van der Waals surface area contributed by atoms with Crippen molar-refractivity contribution in [2.45, 2.75) is 12.3 Å². The first-order valence-corrected chi connectivity index (χ1v) is 14.7. The Morgan fingerprint density at radius 2 is 1.00 bits per heavy atom. The van der Waals surface area contributed by atoms with E-state index in [1.807, 2.05) is 0 Å². The third kappa shape index (κ3) is 3.87. The van der Waals surface area contributed by atoms with E-state index in [0.29, 0.717) is 7.92 Å². The first kappa shape index (κ1) is 19.6. The lowest BCUT2D eigenvalue weighted by Gasteiger charge is -2.15. The van der Waals surface area contributed by atoms with E-state index in [1.165, 1.54) is 56.1 Å². The highest BCUT2D eigenvalue weighted by Gasteiger charge is 2.22. The Hall–Kier alpha value is -1.74. The molecule has 1 aliphatic rings. The van der Waals surface area contributed by atoms with Crippen LogP contribution in [-0.4, -0.2) is 26.7 Å². The zero-order valence-corrected chi connectivity index (χ0v) is 19.0. The summed E-state index contributed by atoms with van der Waals surface area (Å²) in [6.45, 7) is 9.14. The van der Waals surface area contributed by atoms with Crippen LogP contribution in [0.15, 0.2) is 72.8 Å². The maximum absolute atomic E-state index is 2.44. The molecule has 1 heterocycles. The molecule has 142 valence electrons. The van der Waals surface area contributed by atoms with E-state index >= 15 is 0 Å². The molecule has 5 rings (SSSR count). The lowest BCUT2D eigenvalue weighted by molar-refractivity contribution is 1.39. The maximum atomic E-state index is 2.44. The summed E-state index contributed by atoms with van der Waals surface area (Å²) >= 11 is 0. The fourth-order valence-corrected chi connectivity index (χ4v) is 5.93. The van der Waals surface area contributed by atoms with E-state index in [9.17, 15) is 0 Å². The predicted octanol–water partition coefficient (Wildman–Crippen LogP) is 8.14. The van der Waals surface area contributed by atoms with Crippen LogP contribution in [0.4, 0.5) is 0 Å². The highest BCUT2D eigenvalue weighted by Crippen LogP contribution is 2.50. The first-order valence-electron chi connectivity index (χ1n) is 9.85. The van der Waals surface area contributed by atoms with Crippen LogP contribution in [0.2, 0.25) is 0 Å². The Balaban J connectivity index is 0.000000442. The van der Waals surface area contributed by atoms with E-state index in [0.717, 1.165) is 0 Å². The van der Waals surface area contributed by atoms with E-state index < -0.39 is 0 Å². The number of hydrogen-bond acceptors (Lipinski definition) is 0. The molecule has 0 saturated heterocycles. The van der Waals surface area contributed by atoms with Crippen LogP contribution < -0.4 is 0 Å². The zero-order valence-electron chi connectivity index (χ0n) is 17.2. The highest BCUT2D eigenvalue weighted by atomic mass is 31.1. The Morgan fingerprint density at radius 3 is 1.43 bits per heavy atom. The van der Waals surface area contributed by atoms with Crippen molar-refractivity contribution in [3.63, 3.8) is 0 Å². The Kier molecular flexibility index (Phi) is 5.82. The third-order valence-electron chi connectivity index (χ3n) is 5.16. The summed E-state index contributed by atoms with van der Waals surface area (Å²) < 4.78 is 0. The second-order valence-electron chi connectivity index (χ2n) is 8.16. The van der Waals surface area contributed by atoms with Crippen LogP contribution in [0.3, 0.4) is 0 Å². The molecule has 0 unspecified atom stereocenters. The minimum atomic E-state index is -0.00224. The molecular weight excluding hydrogens is 374 g/mol. The molecule has 0 aliphatic carbocycles. The van der Waals surface area contributed by atoms with Crippen molar-refractivity contribution in [2.24, 2.45) is 0 Å². The molecule has 0 saturated carbocycles. The summed E-state index contributed by atoms with van der Waals surface area (Å²) in [5, 5.41) is 5.49. The van der Waals surface area contributed by atoms with Crippen molar-refractivity contribution in [2.75, 3.05) is 26.7 Å². The predicted molar refractivity (Wildman–Crippen MR) is 132 cm³/mol. The van der Waals surface area contributed by atoms with E-state index in [4.69, 9.17) is 0 Å². The van der Waals surface area contributed by atoms with Crippen LogP contribution in [0.25, 0.3) is 32.7 Å². The fourth-order valence-electron chi connectivity index (χ4n) is 4.12. The lowest BCUT2D eigenvalue weighted by atomic mass is 9.88. The molecule has 0 nitrogen and oxygen atoms in total. The molecule has 4 aromatic rings. The average molecular weight is 402 g/mol. The van der Waals surface area contributed by atoms with Gasteiger partial charge >= 0.3 is 0 Å². The van der Waals surface area contributed by atoms with Gasteiger partial charge in [0.05, 0.1) is 0 Å². The van der Waals surface area contributed by atoms with Crippen molar-refractivity contribution in [3.8, 4) is 11.1 Å². The summed E-state index contributed by atoms with van der Waals surface area (Å²) in [6.07, 6.45) is 2.44. The SMILES string of the molecule is CP(C)C.CP1Cc2ccc3ccccc3c2-c2c(ccc3ccccc23)C1. The topological polar surface area (TPSA) is 0 Å². The smallest absolute Gasteiger partial charge is 0.00606 e. The number of hydrogen-bond donors (Lipinski definition) is 0. The van der Waals surface area contributed by atoms with Crippen molar-refractivity contribution in [1.29, 1.82) is 0 Å². The van der Waals surface area contributed by atoms with Gasteiger partial charge in [0.1, 0.15) is 0 Å².